The molecule has 0 saturated heterocycles. The van der Waals surface area contributed by atoms with Gasteiger partial charge in [0.2, 0.25) is 0 Å². The Kier molecular flexibility index (Phi) is 5.95. The van der Waals surface area contributed by atoms with E-state index in [0.29, 0.717) is 33.5 Å². The van der Waals surface area contributed by atoms with Crippen molar-refractivity contribution in [1.29, 1.82) is 0 Å². The second-order valence-corrected chi connectivity index (χ2v) is 8.40. The van der Waals surface area contributed by atoms with Gasteiger partial charge in [-0.2, -0.15) is 19.6 Å². The molecule has 8 nitrogen and oxygen atoms in total. The van der Waals surface area contributed by atoms with Gasteiger partial charge in [-0.25, -0.2) is 9.97 Å². The molecule has 2 heterocycles. The van der Waals surface area contributed by atoms with Crippen LogP contribution in [0.4, 0.5) is 0 Å². The lowest BCUT2D eigenvalue weighted by Gasteiger charge is -2.09. The molecule has 0 radical (unpaired) electrons. The molecule has 4 aromatic carbocycles. The largest absolute Gasteiger partial charge is 0.282 e. The van der Waals surface area contributed by atoms with Gasteiger partial charge in [0.1, 0.15) is 0 Å². The van der Waals surface area contributed by atoms with Crippen molar-refractivity contribution >= 4 is 34.2 Å². The molecule has 0 aliphatic carbocycles. The fraction of sp³-hybridized carbons (Fsp3) is 0. The SMILES string of the molecule is O=c1c2ccccc2nc(-c2ccccc2)n1/N=C/C=N/n1c(-c2ccccc2)nc2ccccc2c1=O. The van der Waals surface area contributed by atoms with Crippen LogP contribution in [0.2, 0.25) is 0 Å². The molecular weight excluding hydrogens is 476 g/mol. The maximum absolute atomic E-state index is 13.3. The lowest BCUT2D eigenvalue weighted by molar-refractivity contribution is 0.824. The van der Waals surface area contributed by atoms with E-state index in [0.717, 1.165) is 11.1 Å². The lowest BCUT2D eigenvalue weighted by Crippen LogP contribution is -2.21. The third-order valence-corrected chi connectivity index (χ3v) is 6.00. The van der Waals surface area contributed by atoms with Crippen LogP contribution in [0.25, 0.3) is 44.6 Å². The topological polar surface area (TPSA) is 94.5 Å². The van der Waals surface area contributed by atoms with Crippen LogP contribution in [0.15, 0.2) is 129 Å². The van der Waals surface area contributed by atoms with Gasteiger partial charge in [-0.05, 0) is 24.3 Å². The van der Waals surface area contributed by atoms with Crippen LogP contribution >= 0.6 is 0 Å². The van der Waals surface area contributed by atoms with E-state index >= 15 is 0 Å². The van der Waals surface area contributed by atoms with Crippen molar-refractivity contribution < 1.29 is 0 Å². The lowest BCUT2D eigenvalue weighted by atomic mass is 10.2. The first-order valence-corrected chi connectivity index (χ1v) is 11.9. The molecule has 8 heteroatoms. The molecule has 0 unspecified atom stereocenters. The standard InChI is InChI=1S/C30H20N6O2/c37-29-23-15-7-9-17-25(23)33-27(21-11-3-1-4-12-21)35(29)31-19-20-32-36-28(22-13-5-2-6-14-22)34-26-18-10-8-16-24(26)30(36)38/h1-20H/b31-19+,32-20+. The van der Waals surface area contributed by atoms with E-state index in [1.165, 1.54) is 21.8 Å². The second-order valence-electron chi connectivity index (χ2n) is 8.40. The summed E-state index contributed by atoms with van der Waals surface area (Å²) in [6.45, 7) is 0. The van der Waals surface area contributed by atoms with Crippen molar-refractivity contribution in [2.45, 2.75) is 0 Å². The van der Waals surface area contributed by atoms with Gasteiger partial charge in [0.15, 0.2) is 11.6 Å². The highest BCUT2D eigenvalue weighted by molar-refractivity contribution is 6.16. The van der Waals surface area contributed by atoms with Gasteiger partial charge < -0.3 is 0 Å². The molecule has 38 heavy (non-hydrogen) atoms. The zero-order valence-electron chi connectivity index (χ0n) is 20.0. The number of nitrogens with zero attached hydrogens (tertiary/aromatic N) is 6. The Morgan fingerprint density at radius 2 is 0.868 bits per heavy atom. The number of para-hydroxylation sites is 2. The molecule has 0 fully saturated rings. The van der Waals surface area contributed by atoms with E-state index in [9.17, 15) is 9.59 Å². The molecule has 0 saturated carbocycles. The number of hydrogen-bond acceptors (Lipinski definition) is 6. The van der Waals surface area contributed by atoms with Crippen molar-refractivity contribution in [3.05, 3.63) is 130 Å². The van der Waals surface area contributed by atoms with E-state index in [2.05, 4.69) is 20.2 Å². The molecule has 6 rings (SSSR count). The molecule has 0 atom stereocenters. The molecule has 6 aromatic rings. The third kappa shape index (κ3) is 4.20. The second kappa shape index (κ2) is 9.87. The van der Waals surface area contributed by atoms with Gasteiger partial charge in [-0.1, -0.05) is 84.9 Å². The minimum Gasteiger partial charge on any atom is -0.267 e. The van der Waals surface area contributed by atoms with Gasteiger partial charge in [0.05, 0.1) is 34.2 Å². The predicted octanol–water partition coefficient (Wildman–Crippen LogP) is 4.81. The minimum atomic E-state index is -0.311. The Labute approximate surface area is 216 Å². The molecule has 0 N–H and O–H groups in total. The molecule has 0 bridgehead atoms. The number of benzene rings is 4. The van der Waals surface area contributed by atoms with Crippen molar-refractivity contribution in [1.82, 2.24) is 19.3 Å². The van der Waals surface area contributed by atoms with Gasteiger partial charge in [0.25, 0.3) is 11.1 Å². The summed E-state index contributed by atoms with van der Waals surface area (Å²) in [5.41, 5.74) is 2.02. The summed E-state index contributed by atoms with van der Waals surface area (Å²) in [6, 6.07) is 33.0. The summed E-state index contributed by atoms with van der Waals surface area (Å²) in [5.74, 6) is 0.793. The average molecular weight is 497 g/mol. The quantitative estimate of drug-likeness (QED) is 0.320. The zero-order valence-corrected chi connectivity index (χ0v) is 20.0. The van der Waals surface area contributed by atoms with E-state index < -0.39 is 0 Å². The Balaban J connectivity index is 1.47. The summed E-state index contributed by atoms with van der Waals surface area (Å²) in [4.78, 5) is 36.0. The average Bonchev–Trinajstić information content (AvgIpc) is 2.98. The first kappa shape index (κ1) is 22.9. The minimum absolute atomic E-state index is 0.311. The molecular formula is C30H20N6O2. The maximum atomic E-state index is 13.3. The Morgan fingerprint density at radius 1 is 0.500 bits per heavy atom. The van der Waals surface area contributed by atoms with Crippen LogP contribution in [0.3, 0.4) is 0 Å². The normalized spacial score (nSPS) is 11.7. The maximum Gasteiger partial charge on any atom is 0.282 e. The van der Waals surface area contributed by atoms with Gasteiger partial charge >= 0.3 is 0 Å². The van der Waals surface area contributed by atoms with Gasteiger partial charge in [-0.15, -0.1) is 0 Å². The van der Waals surface area contributed by atoms with Crippen LogP contribution in [0.1, 0.15) is 0 Å². The third-order valence-electron chi connectivity index (χ3n) is 6.00. The number of fused-ring (bicyclic) bond motifs is 2. The summed E-state index contributed by atoms with van der Waals surface area (Å²) in [6.07, 6.45) is 2.72. The smallest absolute Gasteiger partial charge is 0.267 e. The Morgan fingerprint density at radius 3 is 1.29 bits per heavy atom. The summed E-state index contributed by atoms with van der Waals surface area (Å²) >= 11 is 0. The number of hydrogen-bond donors (Lipinski definition) is 0. The number of rotatable bonds is 5. The number of aromatic nitrogens is 4. The van der Waals surface area contributed by atoms with Crippen molar-refractivity contribution in [3.8, 4) is 22.8 Å². The van der Waals surface area contributed by atoms with E-state index in [1.807, 2.05) is 72.8 Å². The Hall–Kier alpha value is -5.50. The van der Waals surface area contributed by atoms with E-state index in [-0.39, 0.29) is 11.1 Å². The highest BCUT2D eigenvalue weighted by atomic mass is 16.1. The van der Waals surface area contributed by atoms with Crippen molar-refractivity contribution in [2.75, 3.05) is 0 Å². The molecule has 0 aliphatic heterocycles. The van der Waals surface area contributed by atoms with Crippen molar-refractivity contribution in [2.24, 2.45) is 10.2 Å². The molecule has 0 spiro atoms. The predicted molar refractivity (Wildman–Crippen MR) is 151 cm³/mol. The van der Waals surface area contributed by atoms with Crippen LogP contribution < -0.4 is 11.1 Å². The first-order chi connectivity index (χ1) is 18.7. The molecule has 0 aliphatic rings. The highest BCUT2D eigenvalue weighted by Crippen LogP contribution is 2.19. The molecule has 182 valence electrons. The van der Waals surface area contributed by atoms with Crippen molar-refractivity contribution in [3.63, 3.8) is 0 Å². The van der Waals surface area contributed by atoms with Gasteiger partial charge in [-0.3, -0.25) is 9.59 Å². The van der Waals surface area contributed by atoms with Crippen LogP contribution in [0.5, 0.6) is 0 Å². The van der Waals surface area contributed by atoms with Crippen LogP contribution in [-0.2, 0) is 0 Å². The van der Waals surface area contributed by atoms with Crippen LogP contribution in [0, 0.1) is 0 Å². The Bertz CT molecular complexity index is 1810. The highest BCUT2D eigenvalue weighted by Gasteiger charge is 2.13. The van der Waals surface area contributed by atoms with E-state index in [1.54, 1.807) is 36.4 Å². The molecule has 2 aromatic heterocycles. The zero-order chi connectivity index (χ0) is 25.9. The monoisotopic (exact) mass is 496 g/mol. The summed E-state index contributed by atoms with van der Waals surface area (Å²) in [7, 11) is 0. The van der Waals surface area contributed by atoms with Gasteiger partial charge in [0, 0.05) is 11.1 Å². The summed E-state index contributed by atoms with van der Waals surface area (Å²) in [5, 5.41) is 9.64. The van der Waals surface area contributed by atoms with E-state index in [4.69, 9.17) is 0 Å². The summed E-state index contributed by atoms with van der Waals surface area (Å²) < 4.78 is 2.48. The fourth-order valence-corrected chi connectivity index (χ4v) is 4.20. The fourth-order valence-electron chi connectivity index (χ4n) is 4.20. The van der Waals surface area contributed by atoms with Crippen LogP contribution in [-0.4, -0.2) is 31.7 Å². The molecule has 0 amide bonds. The first-order valence-electron chi connectivity index (χ1n) is 11.9.